The maximum Gasteiger partial charge on any atom is 0.282 e. The first-order valence-corrected chi connectivity index (χ1v) is 11.8. The van der Waals surface area contributed by atoms with Gasteiger partial charge in [-0.05, 0) is 49.1 Å². The molecule has 4 rings (SSSR count). The number of hydrogen-bond donors (Lipinski definition) is 0. The Morgan fingerprint density at radius 2 is 1.94 bits per heavy atom. The number of nitrogens with zero attached hydrogens (tertiary/aromatic N) is 3. The van der Waals surface area contributed by atoms with Gasteiger partial charge in [-0.25, -0.2) is 4.98 Å². The second-order valence-corrected chi connectivity index (χ2v) is 8.49. The summed E-state index contributed by atoms with van der Waals surface area (Å²) in [5.41, 5.74) is 2.30. The van der Waals surface area contributed by atoms with E-state index in [1.54, 1.807) is 25.5 Å². The summed E-state index contributed by atoms with van der Waals surface area (Å²) in [5, 5.41) is 5.22. The minimum Gasteiger partial charge on any atom is -0.493 e. The molecule has 1 aliphatic rings. The fourth-order valence-electron chi connectivity index (χ4n) is 4.52. The van der Waals surface area contributed by atoms with E-state index in [4.69, 9.17) is 14.5 Å². The lowest BCUT2D eigenvalue weighted by molar-refractivity contribution is 0.323. The molecule has 1 heterocycles. The summed E-state index contributed by atoms with van der Waals surface area (Å²) < 4.78 is 12.9. The Hall–Kier alpha value is -3.67. The van der Waals surface area contributed by atoms with Crippen LogP contribution in [-0.4, -0.2) is 29.6 Å². The summed E-state index contributed by atoms with van der Waals surface area (Å²) >= 11 is 0. The van der Waals surface area contributed by atoms with Crippen LogP contribution in [0.4, 0.5) is 0 Å². The van der Waals surface area contributed by atoms with E-state index < -0.39 is 0 Å². The second-order valence-electron chi connectivity index (χ2n) is 8.49. The van der Waals surface area contributed by atoms with Gasteiger partial charge in [-0.3, -0.25) is 4.79 Å². The van der Waals surface area contributed by atoms with Crippen LogP contribution >= 0.6 is 0 Å². The van der Waals surface area contributed by atoms with E-state index in [1.165, 1.54) is 11.1 Å². The first kappa shape index (κ1) is 23.5. The molecule has 0 radical (unpaired) electrons. The molecule has 6 nitrogen and oxygen atoms in total. The number of aromatic nitrogens is 2. The van der Waals surface area contributed by atoms with Crippen molar-refractivity contribution >= 4 is 17.1 Å². The maximum absolute atomic E-state index is 13.4. The molecule has 176 valence electrons. The molecule has 0 bridgehead atoms. The molecule has 0 spiro atoms. The summed E-state index contributed by atoms with van der Waals surface area (Å²) in [4.78, 5) is 18.3. The molecule has 0 atom stereocenters. The molecule has 1 aliphatic carbocycles. The smallest absolute Gasteiger partial charge is 0.282 e. The predicted molar refractivity (Wildman–Crippen MR) is 137 cm³/mol. The van der Waals surface area contributed by atoms with Gasteiger partial charge in [0.15, 0.2) is 11.5 Å². The van der Waals surface area contributed by atoms with Crippen molar-refractivity contribution in [1.29, 1.82) is 0 Å². The van der Waals surface area contributed by atoms with Crippen LogP contribution in [0.25, 0.3) is 10.9 Å². The molecule has 0 unspecified atom stereocenters. The van der Waals surface area contributed by atoms with Crippen LogP contribution < -0.4 is 15.0 Å². The SMILES string of the molecule is C=CCOc1c(CC=C)cc(C=Nn2c(C3CCCCC3)nc3ccccc3c2=O)cc1OC. The van der Waals surface area contributed by atoms with E-state index in [9.17, 15) is 4.79 Å². The first-order chi connectivity index (χ1) is 16.7. The molecule has 2 aromatic carbocycles. The van der Waals surface area contributed by atoms with Crippen molar-refractivity contribution in [3.05, 3.63) is 89.0 Å². The zero-order valence-electron chi connectivity index (χ0n) is 19.7. The minimum atomic E-state index is -0.147. The highest BCUT2D eigenvalue weighted by atomic mass is 16.5. The topological polar surface area (TPSA) is 65.7 Å². The lowest BCUT2D eigenvalue weighted by atomic mass is 9.88. The van der Waals surface area contributed by atoms with Gasteiger partial charge in [-0.1, -0.05) is 50.1 Å². The van der Waals surface area contributed by atoms with Gasteiger partial charge in [0.1, 0.15) is 12.4 Å². The van der Waals surface area contributed by atoms with E-state index in [-0.39, 0.29) is 11.5 Å². The molecular formula is C28H31N3O3. The largest absolute Gasteiger partial charge is 0.493 e. The fraction of sp³-hybridized carbons (Fsp3) is 0.321. The van der Waals surface area contributed by atoms with Crippen molar-refractivity contribution in [3.63, 3.8) is 0 Å². The van der Waals surface area contributed by atoms with Crippen LogP contribution in [0.5, 0.6) is 11.5 Å². The van der Waals surface area contributed by atoms with Gasteiger partial charge in [-0.2, -0.15) is 9.78 Å². The van der Waals surface area contributed by atoms with Crippen LogP contribution in [-0.2, 0) is 6.42 Å². The summed E-state index contributed by atoms with van der Waals surface area (Å²) in [6.45, 7) is 7.95. The molecule has 34 heavy (non-hydrogen) atoms. The van der Waals surface area contributed by atoms with Gasteiger partial charge in [0.05, 0.1) is 24.2 Å². The number of rotatable bonds is 9. The zero-order chi connectivity index (χ0) is 23.9. The van der Waals surface area contributed by atoms with E-state index in [0.29, 0.717) is 29.9 Å². The monoisotopic (exact) mass is 457 g/mol. The third-order valence-corrected chi connectivity index (χ3v) is 6.16. The number of fused-ring (bicyclic) bond motifs is 1. The van der Waals surface area contributed by atoms with Crippen LogP contribution in [0.2, 0.25) is 0 Å². The van der Waals surface area contributed by atoms with Gasteiger partial charge in [0.2, 0.25) is 0 Å². The summed E-state index contributed by atoms with van der Waals surface area (Å²) in [6.07, 6.45) is 11.4. The zero-order valence-corrected chi connectivity index (χ0v) is 19.7. The third-order valence-electron chi connectivity index (χ3n) is 6.16. The summed E-state index contributed by atoms with van der Waals surface area (Å²) in [5.74, 6) is 2.22. The number of ether oxygens (including phenoxy) is 2. The van der Waals surface area contributed by atoms with E-state index in [0.717, 1.165) is 48.2 Å². The summed E-state index contributed by atoms with van der Waals surface area (Å²) in [7, 11) is 1.60. The lowest BCUT2D eigenvalue weighted by Crippen LogP contribution is -2.25. The Balaban J connectivity index is 1.80. The van der Waals surface area contributed by atoms with E-state index >= 15 is 0 Å². The number of benzene rings is 2. The Kier molecular flexibility index (Phi) is 7.58. The molecule has 6 heteroatoms. The second kappa shape index (κ2) is 11.0. The van der Waals surface area contributed by atoms with Crippen LogP contribution in [0, 0.1) is 0 Å². The quantitative estimate of drug-likeness (QED) is 0.309. The fourth-order valence-corrected chi connectivity index (χ4v) is 4.52. The van der Waals surface area contributed by atoms with Crippen molar-refractivity contribution in [2.75, 3.05) is 13.7 Å². The van der Waals surface area contributed by atoms with E-state index in [1.807, 2.05) is 36.4 Å². The molecule has 0 N–H and O–H groups in total. The predicted octanol–water partition coefficient (Wildman–Crippen LogP) is 5.63. The molecule has 1 saturated carbocycles. The Morgan fingerprint density at radius 3 is 2.68 bits per heavy atom. The van der Waals surface area contributed by atoms with Crippen molar-refractivity contribution in [2.24, 2.45) is 5.10 Å². The molecular weight excluding hydrogens is 426 g/mol. The van der Waals surface area contributed by atoms with Crippen LogP contribution in [0.3, 0.4) is 0 Å². The third kappa shape index (κ3) is 4.96. The van der Waals surface area contributed by atoms with E-state index in [2.05, 4.69) is 18.3 Å². The molecule has 1 fully saturated rings. The Labute approximate surface area is 200 Å². The highest BCUT2D eigenvalue weighted by Gasteiger charge is 2.22. The van der Waals surface area contributed by atoms with Crippen LogP contribution in [0.15, 0.2) is 71.6 Å². The normalized spacial score (nSPS) is 14.4. The average Bonchev–Trinajstić information content (AvgIpc) is 2.87. The minimum absolute atomic E-state index is 0.147. The van der Waals surface area contributed by atoms with Crippen molar-refractivity contribution in [1.82, 2.24) is 9.66 Å². The van der Waals surface area contributed by atoms with Gasteiger partial charge in [-0.15, -0.1) is 6.58 Å². The number of hydrogen-bond acceptors (Lipinski definition) is 5. The number of allylic oxidation sites excluding steroid dienone is 1. The lowest BCUT2D eigenvalue weighted by Gasteiger charge is -2.22. The van der Waals surface area contributed by atoms with Gasteiger partial charge in [0, 0.05) is 11.5 Å². The molecule has 3 aromatic rings. The van der Waals surface area contributed by atoms with Crippen LogP contribution in [0.1, 0.15) is 55.0 Å². The Bertz CT molecular complexity index is 1270. The van der Waals surface area contributed by atoms with Gasteiger partial charge in [0.25, 0.3) is 5.56 Å². The highest BCUT2D eigenvalue weighted by molar-refractivity contribution is 5.82. The molecule has 0 amide bonds. The molecule has 0 saturated heterocycles. The van der Waals surface area contributed by atoms with Gasteiger partial charge >= 0.3 is 0 Å². The Morgan fingerprint density at radius 1 is 1.15 bits per heavy atom. The van der Waals surface area contributed by atoms with Crippen molar-refractivity contribution < 1.29 is 9.47 Å². The van der Waals surface area contributed by atoms with Crippen molar-refractivity contribution in [3.8, 4) is 11.5 Å². The number of para-hydroxylation sites is 1. The molecule has 0 aliphatic heterocycles. The standard InChI is InChI=1S/C28H31N3O3/c1-4-11-22-17-20(18-25(33-3)26(22)34-16-5-2)19-29-31-27(21-12-7-6-8-13-21)30-24-15-10-9-14-23(24)28(31)32/h4-5,9-10,14-15,17-19,21H,1-2,6-8,11-13,16H2,3H3. The molecule has 1 aromatic heterocycles. The number of methoxy groups -OCH3 is 1. The first-order valence-electron chi connectivity index (χ1n) is 11.8. The summed E-state index contributed by atoms with van der Waals surface area (Å²) in [6, 6.07) is 11.3. The highest BCUT2D eigenvalue weighted by Crippen LogP contribution is 2.34. The van der Waals surface area contributed by atoms with Crippen molar-refractivity contribution in [2.45, 2.75) is 44.4 Å². The average molecular weight is 458 g/mol. The van der Waals surface area contributed by atoms with Gasteiger partial charge < -0.3 is 9.47 Å². The maximum atomic E-state index is 13.4.